The number of aliphatic carboxylic acids is 1. The summed E-state index contributed by atoms with van der Waals surface area (Å²) in [6, 6.07) is 0.162. The fourth-order valence-electron chi connectivity index (χ4n) is 2.65. The summed E-state index contributed by atoms with van der Waals surface area (Å²) in [4.78, 5) is 12.7. The van der Waals surface area contributed by atoms with E-state index in [0.717, 1.165) is 32.4 Å². The number of sulfonamides is 1. The third-order valence-electron chi connectivity index (χ3n) is 3.25. The Labute approximate surface area is 94.7 Å². The van der Waals surface area contributed by atoms with Crippen LogP contribution in [0.4, 0.5) is 0 Å². The minimum Gasteiger partial charge on any atom is -0.480 e. The highest BCUT2D eigenvalue weighted by Gasteiger charge is 2.39. The van der Waals surface area contributed by atoms with Gasteiger partial charge in [0.15, 0.2) is 5.75 Å². The van der Waals surface area contributed by atoms with E-state index in [1.165, 1.54) is 0 Å². The number of fused-ring (bicyclic) bond motifs is 1. The molecule has 2 aliphatic rings. The Morgan fingerprint density at radius 1 is 1.38 bits per heavy atom. The van der Waals surface area contributed by atoms with Crippen molar-refractivity contribution in [2.45, 2.75) is 31.3 Å². The molecular weight excluding hydrogens is 232 g/mol. The molecule has 0 radical (unpaired) electrons. The van der Waals surface area contributed by atoms with Gasteiger partial charge in [0.25, 0.3) is 0 Å². The summed E-state index contributed by atoms with van der Waals surface area (Å²) in [5.41, 5.74) is 0. The lowest BCUT2D eigenvalue weighted by molar-refractivity contribution is -0.134. The van der Waals surface area contributed by atoms with Crippen molar-refractivity contribution in [3.8, 4) is 0 Å². The van der Waals surface area contributed by atoms with Gasteiger partial charge in [0.05, 0.1) is 0 Å². The topological polar surface area (TPSA) is 86.7 Å². The van der Waals surface area contributed by atoms with E-state index in [4.69, 9.17) is 5.11 Å². The highest BCUT2D eigenvalue weighted by molar-refractivity contribution is 7.90. The van der Waals surface area contributed by atoms with Crippen molar-refractivity contribution in [2.24, 2.45) is 0 Å². The summed E-state index contributed by atoms with van der Waals surface area (Å²) in [6.07, 6.45) is 2.88. The summed E-state index contributed by atoms with van der Waals surface area (Å²) in [5.74, 6) is -2.15. The molecule has 0 amide bonds. The van der Waals surface area contributed by atoms with Crippen molar-refractivity contribution >= 4 is 16.0 Å². The molecule has 2 heterocycles. The highest BCUT2D eigenvalue weighted by atomic mass is 32.2. The Balaban J connectivity index is 1.97. The Hall–Kier alpha value is -0.660. The molecule has 2 aliphatic heterocycles. The molecule has 92 valence electrons. The van der Waals surface area contributed by atoms with Crippen LogP contribution in [-0.4, -0.2) is 55.3 Å². The Kier molecular flexibility index (Phi) is 3.18. The van der Waals surface area contributed by atoms with E-state index in [2.05, 4.69) is 9.62 Å². The van der Waals surface area contributed by atoms with Gasteiger partial charge in [-0.05, 0) is 25.8 Å². The molecule has 0 spiro atoms. The van der Waals surface area contributed by atoms with E-state index < -0.39 is 21.7 Å². The maximum absolute atomic E-state index is 11.5. The predicted molar refractivity (Wildman–Crippen MR) is 57.6 cm³/mol. The summed E-state index contributed by atoms with van der Waals surface area (Å²) < 4.78 is 25.5. The molecule has 16 heavy (non-hydrogen) atoms. The van der Waals surface area contributed by atoms with Crippen molar-refractivity contribution in [3.63, 3.8) is 0 Å². The van der Waals surface area contributed by atoms with Gasteiger partial charge in [0, 0.05) is 18.6 Å². The van der Waals surface area contributed by atoms with Gasteiger partial charge in [-0.3, -0.25) is 9.69 Å². The standard InChI is InChI=1S/C9H16N2O4S/c12-9(13)6-16(14,15)10-7-3-5-11-4-1-2-8(7)11/h7-8,10H,1-6H2,(H,12,13). The average molecular weight is 248 g/mol. The van der Waals surface area contributed by atoms with Gasteiger partial charge in [0.2, 0.25) is 10.0 Å². The van der Waals surface area contributed by atoms with Crippen LogP contribution in [0.5, 0.6) is 0 Å². The van der Waals surface area contributed by atoms with E-state index in [-0.39, 0.29) is 12.1 Å². The van der Waals surface area contributed by atoms with Crippen LogP contribution >= 0.6 is 0 Å². The van der Waals surface area contributed by atoms with E-state index in [1.54, 1.807) is 0 Å². The molecule has 2 saturated heterocycles. The number of hydrogen-bond donors (Lipinski definition) is 2. The van der Waals surface area contributed by atoms with E-state index in [0.29, 0.717) is 0 Å². The normalized spacial score (nSPS) is 30.5. The van der Waals surface area contributed by atoms with Crippen molar-refractivity contribution < 1.29 is 18.3 Å². The van der Waals surface area contributed by atoms with Gasteiger partial charge in [-0.1, -0.05) is 0 Å². The Bertz CT molecular complexity index is 381. The van der Waals surface area contributed by atoms with Crippen LogP contribution in [-0.2, 0) is 14.8 Å². The van der Waals surface area contributed by atoms with Gasteiger partial charge in [-0.2, -0.15) is 0 Å². The average Bonchev–Trinajstić information content (AvgIpc) is 2.66. The van der Waals surface area contributed by atoms with Crippen LogP contribution in [0.2, 0.25) is 0 Å². The third-order valence-corrected chi connectivity index (χ3v) is 4.54. The van der Waals surface area contributed by atoms with Crippen molar-refractivity contribution in [1.29, 1.82) is 0 Å². The molecular formula is C9H16N2O4S. The van der Waals surface area contributed by atoms with E-state index in [9.17, 15) is 13.2 Å². The summed E-state index contributed by atoms with van der Waals surface area (Å²) >= 11 is 0. The monoisotopic (exact) mass is 248 g/mol. The maximum atomic E-state index is 11.5. The number of carbonyl (C=O) groups is 1. The molecule has 2 N–H and O–H groups in total. The van der Waals surface area contributed by atoms with Crippen molar-refractivity contribution in [2.75, 3.05) is 18.8 Å². The van der Waals surface area contributed by atoms with Crippen LogP contribution < -0.4 is 4.72 Å². The van der Waals surface area contributed by atoms with Crippen LogP contribution in [0, 0.1) is 0 Å². The van der Waals surface area contributed by atoms with Crippen LogP contribution in [0.3, 0.4) is 0 Å². The van der Waals surface area contributed by atoms with Gasteiger partial charge >= 0.3 is 5.97 Å². The smallest absolute Gasteiger partial charge is 0.320 e. The number of carboxylic acid groups (broad SMARTS) is 1. The summed E-state index contributed by atoms with van der Waals surface area (Å²) in [6.45, 7) is 1.94. The summed E-state index contributed by atoms with van der Waals surface area (Å²) in [7, 11) is -3.68. The minimum absolute atomic E-state index is 0.105. The first-order chi connectivity index (χ1) is 7.48. The van der Waals surface area contributed by atoms with Crippen LogP contribution in [0.15, 0.2) is 0 Å². The largest absolute Gasteiger partial charge is 0.480 e. The van der Waals surface area contributed by atoms with Gasteiger partial charge in [0.1, 0.15) is 0 Å². The molecule has 6 nitrogen and oxygen atoms in total. The molecule has 2 unspecified atom stereocenters. The fraction of sp³-hybridized carbons (Fsp3) is 0.889. The fourth-order valence-corrected chi connectivity index (χ4v) is 3.80. The van der Waals surface area contributed by atoms with Crippen LogP contribution in [0.1, 0.15) is 19.3 Å². The molecule has 2 rings (SSSR count). The van der Waals surface area contributed by atoms with Gasteiger partial charge in [-0.15, -0.1) is 0 Å². The second-order valence-corrected chi connectivity index (χ2v) is 6.17. The number of carboxylic acids is 1. The molecule has 2 atom stereocenters. The summed E-state index contributed by atoms with van der Waals surface area (Å²) in [5, 5.41) is 8.48. The van der Waals surface area contributed by atoms with E-state index >= 15 is 0 Å². The second kappa shape index (κ2) is 4.31. The first-order valence-corrected chi connectivity index (χ1v) is 7.09. The Morgan fingerprint density at radius 3 is 2.81 bits per heavy atom. The lowest BCUT2D eigenvalue weighted by Crippen LogP contribution is -2.44. The lowest BCUT2D eigenvalue weighted by atomic mass is 10.1. The number of nitrogens with zero attached hydrogens (tertiary/aromatic N) is 1. The molecule has 0 aromatic rings. The van der Waals surface area contributed by atoms with Crippen LogP contribution in [0.25, 0.3) is 0 Å². The second-order valence-electron chi connectivity index (χ2n) is 4.41. The minimum atomic E-state index is -3.68. The van der Waals surface area contributed by atoms with Crippen molar-refractivity contribution in [3.05, 3.63) is 0 Å². The van der Waals surface area contributed by atoms with Gasteiger partial charge in [-0.25, -0.2) is 13.1 Å². The number of nitrogens with one attached hydrogen (secondary N) is 1. The molecule has 0 aromatic carbocycles. The molecule has 0 bridgehead atoms. The zero-order valence-electron chi connectivity index (χ0n) is 8.92. The molecule has 2 fully saturated rings. The number of hydrogen-bond acceptors (Lipinski definition) is 4. The lowest BCUT2D eigenvalue weighted by Gasteiger charge is -2.20. The van der Waals surface area contributed by atoms with E-state index in [1.807, 2.05) is 0 Å². The molecule has 0 aromatic heterocycles. The first-order valence-electron chi connectivity index (χ1n) is 5.44. The van der Waals surface area contributed by atoms with Gasteiger partial charge < -0.3 is 5.11 Å². The zero-order chi connectivity index (χ0) is 11.8. The third kappa shape index (κ3) is 2.53. The molecule has 0 aliphatic carbocycles. The Morgan fingerprint density at radius 2 is 2.12 bits per heavy atom. The SMILES string of the molecule is O=C(O)CS(=O)(=O)NC1CCN2CCCC12. The quantitative estimate of drug-likeness (QED) is 0.682. The van der Waals surface area contributed by atoms with Crippen molar-refractivity contribution in [1.82, 2.24) is 9.62 Å². The number of rotatable bonds is 4. The maximum Gasteiger partial charge on any atom is 0.320 e. The molecule has 7 heteroatoms. The first kappa shape index (κ1) is 11.8. The predicted octanol–water partition coefficient (Wildman–Crippen LogP) is -0.773. The zero-order valence-corrected chi connectivity index (χ0v) is 9.74. The highest BCUT2D eigenvalue weighted by Crippen LogP contribution is 2.28. The molecule has 0 saturated carbocycles.